The van der Waals surface area contributed by atoms with E-state index < -0.39 is 0 Å². The summed E-state index contributed by atoms with van der Waals surface area (Å²) in [4.78, 5) is 0. The molecule has 1 aromatic heterocycles. The van der Waals surface area contributed by atoms with E-state index in [1.165, 1.54) is 18.5 Å². The molecule has 60 valence electrons. The Hall–Kier alpha value is -0.850. The first-order chi connectivity index (χ1) is 5.38. The summed E-state index contributed by atoms with van der Waals surface area (Å²) in [5, 5.41) is 0. The quantitative estimate of drug-likeness (QED) is 0.580. The average molecular weight is 150 g/mol. The highest BCUT2D eigenvalue weighted by Gasteiger charge is 2.03. The molecule has 0 spiro atoms. The smallest absolute Gasteiger partial charge is 0.181 e. The molecule has 11 heavy (non-hydrogen) atoms. The zero-order chi connectivity index (χ0) is 8.10. The molecule has 0 radical (unpaired) electrons. The highest BCUT2D eigenvalue weighted by molar-refractivity contribution is 4.96. The Kier molecular flexibility index (Phi) is 3.09. The molecule has 1 nitrogen and oxygen atoms in total. The largest absolute Gasteiger partial charge is 0.203 e. The third-order valence-electron chi connectivity index (χ3n) is 1.88. The number of aromatic nitrogens is 1. The van der Waals surface area contributed by atoms with Gasteiger partial charge in [-0.2, -0.15) is 0 Å². The van der Waals surface area contributed by atoms with E-state index in [0.717, 1.165) is 6.54 Å². The normalized spacial score (nSPS) is 10.0. The van der Waals surface area contributed by atoms with Crippen LogP contribution in [-0.2, 0) is 13.0 Å². The second kappa shape index (κ2) is 4.12. The van der Waals surface area contributed by atoms with E-state index in [1.54, 1.807) is 0 Å². The third kappa shape index (κ3) is 2.04. The van der Waals surface area contributed by atoms with E-state index >= 15 is 0 Å². The van der Waals surface area contributed by atoms with Crippen LogP contribution in [0.25, 0.3) is 0 Å². The number of pyridine rings is 1. The summed E-state index contributed by atoms with van der Waals surface area (Å²) in [5.41, 5.74) is 1.44. The number of rotatable bonds is 3. The lowest BCUT2D eigenvalue weighted by atomic mass is 10.2. The van der Waals surface area contributed by atoms with Gasteiger partial charge in [0.05, 0.1) is 0 Å². The fraction of sp³-hybridized carbons (Fsp3) is 0.500. The van der Waals surface area contributed by atoms with E-state index in [-0.39, 0.29) is 0 Å². The summed E-state index contributed by atoms with van der Waals surface area (Å²) < 4.78 is 2.30. The SMILES string of the molecule is CCCc1cccc[n+]1CC. The molecule has 0 aliphatic rings. The van der Waals surface area contributed by atoms with Crippen molar-refractivity contribution < 1.29 is 4.57 Å². The van der Waals surface area contributed by atoms with Crippen LogP contribution in [0.4, 0.5) is 0 Å². The first-order valence-electron chi connectivity index (χ1n) is 4.35. The van der Waals surface area contributed by atoms with Crippen LogP contribution in [0.3, 0.4) is 0 Å². The minimum atomic E-state index is 1.08. The van der Waals surface area contributed by atoms with Crippen molar-refractivity contribution in [2.24, 2.45) is 0 Å². The Morgan fingerprint density at radius 3 is 2.73 bits per heavy atom. The Morgan fingerprint density at radius 1 is 1.27 bits per heavy atom. The van der Waals surface area contributed by atoms with E-state index in [4.69, 9.17) is 0 Å². The monoisotopic (exact) mass is 150 g/mol. The van der Waals surface area contributed by atoms with E-state index in [2.05, 4.69) is 42.8 Å². The summed E-state index contributed by atoms with van der Waals surface area (Å²) in [7, 11) is 0. The van der Waals surface area contributed by atoms with Gasteiger partial charge in [0, 0.05) is 18.6 Å². The maximum Gasteiger partial charge on any atom is 0.181 e. The van der Waals surface area contributed by atoms with Gasteiger partial charge in [0.2, 0.25) is 0 Å². The van der Waals surface area contributed by atoms with Crippen LogP contribution in [0, 0.1) is 0 Å². The molecular weight excluding hydrogens is 134 g/mol. The molecule has 0 aliphatic carbocycles. The van der Waals surface area contributed by atoms with Gasteiger partial charge in [0.25, 0.3) is 0 Å². The standard InChI is InChI=1S/C10H16N/c1-3-7-10-8-5-6-9-11(10)4-2/h5-6,8-9H,3-4,7H2,1-2H3/q+1. The van der Waals surface area contributed by atoms with Gasteiger partial charge in [0.15, 0.2) is 11.9 Å². The predicted octanol–water partition coefficient (Wildman–Crippen LogP) is 1.95. The van der Waals surface area contributed by atoms with E-state index in [1.807, 2.05) is 0 Å². The van der Waals surface area contributed by atoms with Gasteiger partial charge in [-0.1, -0.05) is 13.0 Å². The topological polar surface area (TPSA) is 3.88 Å². The fourth-order valence-electron chi connectivity index (χ4n) is 1.30. The Labute approximate surface area is 68.7 Å². The van der Waals surface area contributed by atoms with Crippen LogP contribution in [-0.4, -0.2) is 0 Å². The maximum atomic E-state index is 2.30. The van der Waals surface area contributed by atoms with Crippen LogP contribution in [0.1, 0.15) is 26.0 Å². The van der Waals surface area contributed by atoms with Crippen LogP contribution >= 0.6 is 0 Å². The molecule has 1 heterocycles. The van der Waals surface area contributed by atoms with Crippen molar-refractivity contribution in [1.82, 2.24) is 0 Å². The molecule has 0 saturated carbocycles. The first-order valence-corrected chi connectivity index (χ1v) is 4.35. The van der Waals surface area contributed by atoms with Crippen LogP contribution in [0.15, 0.2) is 24.4 Å². The average Bonchev–Trinajstić information content (AvgIpc) is 2.06. The lowest BCUT2D eigenvalue weighted by molar-refractivity contribution is -0.700. The summed E-state index contributed by atoms with van der Waals surface area (Å²) in [5.74, 6) is 0. The summed E-state index contributed by atoms with van der Waals surface area (Å²) in [6, 6.07) is 6.40. The third-order valence-corrected chi connectivity index (χ3v) is 1.88. The van der Waals surface area contributed by atoms with Crippen molar-refractivity contribution in [2.45, 2.75) is 33.2 Å². The second-order valence-corrected chi connectivity index (χ2v) is 2.73. The summed E-state index contributed by atoms with van der Waals surface area (Å²) in [6.45, 7) is 5.47. The highest BCUT2D eigenvalue weighted by Crippen LogP contribution is 1.95. The molecule has 0 saturated heterocycles. The van der Waals surface area contributed by atoms with Gasteiger partial charge < -0.3 is 0 Å². The molecule has 0 aliphatic heterocycles. The molecule has 1 aromatic rings. The minimum Gasteiger partial charge on any atom is -0.203 e. The van der Waals surface area contributed by atoms with Crippen LogP contribution in [0.5, 0.6) is 0 Å². The number of nitrogens with zero attached hydrogens (tertiary/aromatic N) is 1. The van der Waals surface area contributed by atoms with Crippen molar-refractivity contribution >= 4 is 0 Å². The van der Waals surface area contributed by atoms with Crippen molar-refractivity contribution in [1.29, 1.82) is 0 Å². The molecule has 0 N–H and O–H groups in total. The first kappa shape index (κ1) is 8.25. The lowest BCUT2D eigenvalue weighted by Gasteiger charge is -1.98. The zero-order valence-electron chi connectivity index (χ0n) is 7.38. The Bertz CT molecular complexity index is 218. The Morgan fingerprint density at radius 2 is 2.09 bits per heavy atom. The van der Waals surface area contributed by atoms with Gasteiger partial charge in [-0.15, -0.1) is 0 Å². The molecule has 0 unspecified atom stereocenters. The van der Waals surface area contributed by atoms with Gasteiger partial charge in [-0.05, 0) is 13.3 Å². The molecule has 1 rings (SSSR count). The molecule has 0 atom stereocenters. The summed E-state index contributed by atoms with van der Waals surface area (Å²) >= 11 is 0. The highest BCUT2D eigenvalue weighted by atomic mass is 14.9. The predicted molar refractivity (Wildman–Crippen MR) is 46.3 cm³/mol. The summed E-state index contributed by atoms with van der Waals surface area (Å²) in [6.07, 6.45) is 4.56. The van der Waals surface area contributed by atoms with Gasteiger partial charge in [-0.3, -0.25) is 0 Å². The van der Waals surface area contributed by atoms with Crippen molar-refractivity contribution in [3.63, 3.8) is 0 Å². The minimum absolute atomic E-state index is 1.08. The number of hydrogen-bond donors (Lipinski definition) is 0. The molecule has 0 bridgehead atoms. The Balaban J connectivity index is 2.83. The molecule has 0 aromatic carbocycles. The van der Waals surface area contributed by atoms with E-state index in [9.17, 15) is 0 Å². The van der Waals surface area contributed by atoms with Crippen LogP contribution < -0.4 is 4.57 Å². The van der Waals surface area contributed by atoms with Crippen molar-refractivity contribution in [3.8, 4) is 0 Å². The van der Waals surface area contributed by atoms with Gasteiger partial charge in [-0.25, -0.2) is 4.57 Å². The van der Waals surface area contributed by atoms with E-state index in [0.29, 0.717) is 0 Å². The van der Waals surface area contributed by atoms with Gasteiger partial charge >= 0.3 is 0 Å². The zero-order valence-corrected chi connectivity index (χ0v) is 7.38. The molecular formula is C10H16N+. The maximum absolute atomic E-state index is 2.30. The molecule has 0 fully saturated rings. The molecule has 0 amide bonds. The second-order valence-electron chi connectivity index (χ2n) is 2.73. The van der Waals surface area contributed by atoms with Crippen LogP contribution in [0.2, 0.25) is 0 Å². The number of aryl methyl sites for hydroxylation is 2. The van der Waals surface area contributed by atoms with Crippen molar-refractivity contribution in [3.05, 3.63) is 30.1 Å². The fourth-order valence-corrected chi connectivity index (χ4v) is 1.30. The van der Waals surface area contributed by atoms with Crippen molar-refractivity contribution in [2.75, 3.05) is 0 Å². The molecule has 1 heteroatoms. The van der Waals surface area contributed by atoms with Gasteiger partial charge in [0.1, 0.15) is 6.54 Å². The number of hydrogen-bond acceptors (Lipinski definition) is 0. The lowest BCUT2D eigenvalue weighted by Crippen LogP contribution is -2.36.